The van der Waals surface area contributed by atoms with Crippen molar-refractivity contribution in [2.75, 3.05) is 6.54 Å². The van der Waals surface area contributed by atoms with E-state index in [2.05, 4.69) is 5.32 Å². The molecule has 0 bridgehead atoms. The summed E-state index contributed by atoms with van der Waals surface area (Å²) in [5, 5.41) is 1.04. The van der Waals surface area contributed by atoms with E-state index in [1.165, 1.54) is 30.5 Å². The van der Waals surface area contributed by atoms with Crippen molar-refractivity contribution >= 4 is 15.7 Å². The highest BCUT2D eigenvalue weighted by atomic mass is 32.2. The summed E-state index contributed by atoms with van der Waals surface area (Å²) in [7, 11) is -3.93. The maximum Gasteiger partial charge on any atom is 0.257 e. The smallest absolute Gasteiger partial charge is 0.257 e. The van der Waals surface area contributed by atoms with E-state index in [-0.39, 0.29) is 10.7 Å². The molecule has 0 unspecified atom stereocenters. The average Bonchev–Trinajstić information content (AvgIpc) is 3.16. The Balaban J connectivity index is 1.90. The molecule has 1 heterocycles. The Hall–Kier alpha value is -3.00. The summed E-state index contributed by atoms with van der Waals surface area (Å²) in [5.41, 5.74) is 0.116. The highest BCUT2D eigenvalue weighted by molar-refractivity contribution is 7.91. The van der Waals surface area contributed by atoms with E-state index < -0.39 is 44.7 Å². The van der Waals surface area contributed by atoms with E-state index in [1.54, 1.807) is 12.1 Å². The quantitative estimate of drug-likeness (QED) is 0.677. The number of nitrogens with one attached hydrogen (secondary N) is 1. The molecule has 1 amide bonds. The van der Waals surface area contributed by atoms with Gasteiger partial charge in [0.25, 0.3) is 5.91 Å². The summed E-state index contributed by atoms with van der Waals surface area (Å²) >= 11 is 0. The number of amides is 1. The fourth-order valence-corrected chi connectivity index (χ4v) is 4.31. The largest absolute Gasteiger partial charge is 0.468 e. The Bertz CT molecular complexity index is 1060. The monoisotopic (exact) mass is 405 g/mol. The summed E-state index contributed by atoms with van der Waals surface area (Å²) in [4.78, 5) is 12.3. The number of benzene rings is 2. The van der Waals surface area contributed by atoms with E-state index >= 15 is 0 Å². The summed E-state index contributed by atoms with van der Waals surface area (Å²) in [6.07, 6.45) is 1.31. The van der Waals surface area contributed by atoms with Crippen molar-refractivity contribution in [1.29, 1.82) is 0 Å². The van der Waals surface area contributed by atoms with Crippen LogP contribution in [0.25, 0.3) is 0 Å². The van der Waals surface area contributed by atoms with Gasteiger partial charge >= 0.3 is 0 Å². The molecule has 0 saturated heterocycles. The number of halogens is 2. The van der Waals surface area contributed by atoms with Gasteiger partial charge in [-0.1, -0.05) is 23.8 Å². The first-order chi connectivity index (χ1) is 13.3. The number of carbonyl (C=O) groups is 1. The van der Waals surface area contributed by atoms with E-state index in [4.69, 9.17) is 4.42 Å². The molecule has 0 aliphatic heterocycles. The number of rotatable bonds is 6. The van der Waals surface area contributed by atoms with Gasteiger partial charge in [0.15, 0.2) is 9.84 Å². The van der Waals surface area contributed by atoms with Crippen molar-refractivity contribution in [3.63, 3.8) is 0 Å². The van der Waals surface area contributed by atoms with Crippen molar-refractivity contribution in [1.82, 2.24) is 5.32 Å². The molecule has 3 rings (SSSR count). The van der Waals surface area contributed by atoms with Crippen molar-refractivity contribution in [2.24, 2.45) is 0 Å². The van der Waals surface area contributed by atoms with Crippen molar-refractivity contribution in [3.05, 3.63) is 89.4 Å². The van der Waals surface area contributed by atoms with E-state index in [9.17, 15) is 22.0 Å². The molecule has 8 heteroatoms. The predicted molar refractivity (Wildman–Crippen MR) is 98.5 cm³/mol. The lowest BCUT2D eigenvalue weighted by Crippen LogP contribution is -2.32. The van der Waals surface area contributed by atoms with E-state index in [0.29, 0.717) is 0 Å². The van der Waals surface area contributed by atoms with Gasteiger partial charge in [0.05, 0.1) is 11.2 Å². The zero-order valence-corrected chi connectivity index (χ0v) is 15.7. The van der Waals surface area contributed by atoms with Crippen LogP contribution in [0.3, 0.4) is 0 Å². The van der Waals surface area contributed by atoms with E-state index in [1.807, 2.05) is 6.92 Å². The van der Waals surface area contributed by atoms with Crippen LogP contribution in [-0.4, -0.2) is 20.9 Å². The van der Waals surface area contributed by atoms with Gasteiger partial charge < -0.3 is 9.73 Å². The van der Waals surface area contributed by atoms with Crippen molar-refractivity contribution < 1.29 is 26.4 Å². The minimum absolute atomic E-state index is 0.0471. The first-order valence-corrected chi connectivity index (χ1v) is 9.91. The molecule has 0 aliphatic carbocycles. The van der Waals surface area contributed by atoms with Gasteiger partial charge in [-0.25, -0.2) is 17.2 Å². The van der Waals surface area contributed by atoms with Crippen LogP contribution in [0.4, 0.5) is 8.78 Å². The normalized spacial score (nSPS) is 12.5. The maximum absolute atomic E-state index is 13.8. The lowest BCUT2D eigenvalue weighted by Gasteiger charge is -2.17. The second kappa shape index (κ2) is 7.93. The summed E-state index contributed by atoms with van der Waals surface area (Å²) in [6, 6.07) is 12.2. The van der Waals surface area contributed by atoms with Crippen LogP contribution in [0.2, 0.25) is 0 Å². The third-order valence-electron chi connectivity index (χ3n) is 4.22. The van der Waals surface area contributed by atoms with Gasteiger partial charge in [0, 0.05) is 6.54 Å². The highest BCUT2D eigenvalue weighted by Gasteiger charge is 2.32. The lowest BCUT2D eigenvalue weighted by atomic mass is 10.2. The Morgan fingerprint density at radius 3 is 2.25 bits per heavy atom. The number of furan rings is 1. The van der Waals surface area contributed by atoms with Crippen LogP contribution >= 0.6 is 0 Å². The number of hydrogen-bond donors (Lipinski definition) is 1. The molecule has 3 aromatic rings. The van der Waals surface area contributed by atoms with Gasteiger partial charge in [-0.15, -0.1) is 0 Å². The molecule has 0 spiro atoms. The first kappa shape index (κ1) is 19.8. The molecule has 1 aromatic heterocycles. The second-order valence-corrected chi connectivity index (χ2v) is 8.30. The first-order valence-electron chi connectivity index (χ1n) is 8.37. The lowest BCUT2D eigenvalue weighted by molar-refractivity contribution is 0.0945. The molecule has 1 atom stereocenters. The Morgan fingerprint density at radius 2 is 1.68 bits per heavy atom. The van der Waals surface area contributed by atoms with Gasteiger partial charge in [-0.3, -0.25) is 4.79 Å². The molecular weight excluding hydrogens is 388 g/mol. The molecule has 0 fully saturated rings. The molecule has 146 valence electrons. The Morgan fingerprint density at radius 1 is 1.04 bits per heavy atom. The zero-order valence-electron chi connectivity index (χ0n) is 14.9. The topological polar surface area (TPSA) is 76.4 Å². The number of sulfone groups is 1. The van der Waals surface area contributed by atoms with Crippen LogP contribution < -0.4 is 5.32 Å². The predicted octanol–water partition coefficient (Wildman–Crippen LogP) is 3.81. The second-order valence-electron chi connectivity index (χ2n) is 6.17. The summed E-state index contributed by atoms with van der Waals surface area (Å²) < 4.78 is 59.0. The molecule has 2 aromatic carbocycles. The highest BCUT2D eigenvalue weighted by Crippen LogP contribution is 2.29. The number of hydrogen-bond acceptors (Lipinski definition) is 4. The average molecular weight is 405 g/mol. The minimum Gasteiger partial charge on any atom is -0.468 e. The standard InChI is InChI=1S/C20H17F2NO4S/c1-13-7-9-14(10-8-13)28(25,26)18(17-6-3-11-27-17)12-23-20(24)19-15(21)4-2-5-16(19)22/h2-11,18H,12H2,1H3,(H,23,24)/t18-/m0/s1. The number of aryl methyl sites for hydroxylation is 1. The molecule has 0 saturated carbocycles. The molecular formula is C20H17F2NO4S. The van der Waals surface area contributed by atoms with Crippen molar-refractivity contribution in [3.8, 4) is 0 Å². The summed E-state index contributed by atoms with van der Waals surface area (Å²) in [6.45, 7) is 1.40. The van der Waals surface area contributed by atoms with Crippen LogP contribution in [-0.2, 0) is 9.84 Å². The molecule has 28 heavy (non-hydrogen) atoms. The Kier molecular flexibility index (Phi) is 5.60. The fourth-order valence-electron chi connectivity index (χ4n) is 2.72. The molecule has 1 N–H and O–H groups in total. The fraction of sp³-hybridized carbons (Fsp3) is 0.150. The third kappa shape index (κ3) is 3.96. The van der Waals surface area contributed by atoms with E-state index in [0.717, 1.165) is 23.8 Å². The van der Waals surface area contributed by atoms with Gasteiger partial charge in [0.1, 0.15) is 28.2 Å². The third-order valence-corrected chi connectivity index (χ3v) is 6.30. The number of carbonyl (C=O) groups excluding carboxylic acids is 1. The van der Waals surface area contributed by atoms with Gasteiger partial charge in [-0.05, 0) is 43.3 Å². The minimum atomic E-state index is -3.93. The van der Waals surface area contributed by atoms with Crippen LogP contribution in [0.5, 0.6) is 0 Å². The molecule has 0 radical (unpaired) electrons. The van der Waals surface area contributed by atoms with Gasteiger partial charge in [0.2, 0.25) is 0 Å². The summed E-state index contributed by atoms with van der Waals surface area (Å²) in [5.74, 6) is -3.01. The molecule has 5 nitrogen and oxygen atoms in total. The SMILES string of the molecule is Cc1ccc(S(=O)(=O)[C@@H](CNC(=O)c2c(F)cccc2F)c2ccco2)cc1. The molecule has 0 aliphatic rings. The van der Waals surface area contributed by atoms with Crippen LogP contribution in [0.15, 0.2) is 70.2 Å². The van der Waals surface area contributed by atoms with Gasteiger partial charge in [-0.2, -0.15) is 0 Å². The Labute approximate surface area is 160 Å². The maximum atomic E-state index is 13.8. The van der Waals surface area contributed by atoms with Crippen LogP contribution in [0.1, 0.15) is 26.9 Å². The van der Waals surface area contributed by atoms with Crippen molar-refractivity contribution in [2.45, 2.75) is 17.1 Å². The zero-order chi connectivity index (χ0) is 20.3. The van der Waals surface area contributed by atoms with Crippen LogP contribution in [0, 0.1) is 18.6 Å².